The molecule has 0 saturated heterocycles. The van der Waals surface area contributed by atoms with Crippen LogP contribution in [0.3, 0.4) is 0 Å². The van der Waals surface area contributed by atoms with Crippen molar-refractivity contribution in [3.63, 3.8) is 0 Å². The smallest absolute Gasteiger partial charge is 0.313 e. The highest BCUT2D eigenvalue weighted by atomic mass is 35.5. The molecule has 0 fully saturated rings. The van der Waals surface area contributed by atoms with Crippen LogP contribution in [0.2, 0.25) is 5.02 Å². The van der Waals surface area contributed by atoms with Crippen LogP contribution in [-0.4, -0.2) is 27.7 Å². The zero-order chi connectivity index (χ0) is 21.3. The standard InChI is InChI=1S/C23H24ClNO4/c1-5-13(2)29-23(28)14(3)21-15(4)25(20-11-10-18(26)12-19(20)21)22(27)16-6-8-17(24)9-7-16/h6-14,26H,5H2,1-4H3. The van der Waals surface area contributed by atoms with Crippen LogP contribution in [0, 0.1) is 6.92 Å². The Labute approximate surface area is 174 Å². The fraction of sp³-hybridized carbons (Fsp3) is 0.304. The third-order valence-electron chi connectivity index (χ3n) is 5.21. The van der Waals surface area contributed by atoms with Gasteiger partial charge in [-0.05, 0) is 75.2 Å². The van der Waals surface area contributed by atoms with E-state index in [0.717, 1.165) is 6.42 Å². The number of fused-ring (bicyclic) bond motifs is 1. The predicted molar refractivity (Wildman–Crippen MR) is 114 cm³/mol. The second-order valence-corrected chi connectivity index (χ2v) is 7.66. The molecule has 0 amide bonds. The molecule has 6 heteroatoms. The van der Waals surface area contributed by atoms with Gasteiger partial charge in [0.05, 0.1) is 17.5 Å². The van der Waals surface area contributed by atoms with Crippen LogP contribution in [0.1, 0.15) is 54.7 Å². The number of phenolic OH excluding ortho intramolecular Hbond substituents is 1. The molecule has 1 N–H and O–H groups in total. The topological polar surface area (TPSA) is 68.5 Å². The van der Waals surface area contributed by atoms with Crippen molar-refractivity contribution in [1.82, 2.24) is 4.57 Å². The summed E-state index contributed by atoms with van der Waals surface area (Å²) in [5.74, 6) is -1.11. The molecule has 2 atom stereocenters. The first-order valence-electron chi connectivity index (χ1n) is 9.59. The molecule has 152 valence electrons. The first-order valence-corrected chi connectivity index (χ1v) is 9.97. The third kappa shape index (κ3) is 4.01. The minimum absolute atomic E-state index is 0.0670. The molecule has 3 aromatic rings. The number of aromatic nitrogens is 1. The van der Waals surface area contributed by atoms with Gasteiger partial charge in [-0.15, -0.1) is 0 Å². The predicted octanol–water partition coefficient (Wildman–Crippen LogP) is 5.44. The maximum atomic E-state index is 13.2. The molecule has 0 saturated carbocycles. The Kier molecular flexibility index (Phi) is 5.99. The van der Waals surface area contributed by atoms with E-state index in [1.807, 2.05) is 13.8 Å². The van der Waals surface area contributed by atoms with E-state index < -0.39 is 5.92 Å². The zero-order valence-electron chi connectivity index (χ0n) is 16.9. The molecule has 1 aromatic heterocycles. The second kappa shape index (κ2) is 8.29. The molecule has 0 spiro atoms. The summed E-state index contributed by atoms with van der Waals surface area (Å²) in [5.41, 5.74) is 2.41. The minimum atomic E-state index is -0.590. The number of hydrogen-bond donors (Lipinski definition) is 1. The van der Waals surface area contributed by atoms with E-state index in [0.29, 0.717) is 32.7 Å². The molecule has 0 aliphatic carbocycles. The third-order valence-corrected chi connectivity index (χ3v) is 5.46. The molecule has 5 nitrogen and oxygen atoms in total. The lowest BCUT2D eigenvalue weighted by Gasteiger charge is -2.16. The van der Waals surface area contributed by atoms with Gasteiger partial charge < -0.3 is 9.84 Å². The van der Waals surface area contributed by atoms with E-state index in [9.17, 15) is 14.7 Å². The molecule has 1 heterocycles. The molecular weight excluding hydrogens is 390 g/mol. The fourth-order valence-electron chi connectivity index (χ4n) is 3.46. The summed E-state index contributed by atoms with van der Waals surface area (Å²) in [5, 5.41) is 11.2. The maximum absolute atomic E-state index is 13.2. The molecule has 29 heavy (non-hydrogen) atoms. The van der Waals surface area contributed by atoms with Gasteiger partial charge in [-0.2, -0.15) is 0 Å². The number of aromatic hydroxyl groups is 1. The van der Waals surface area contributed by atoms with Crippen LogP contribution < -0.4 is 0 Å². The molecule has 0 aliphatic rings. The first kappa shape index (κ1) is 20.9. The average Bonchev–Trinajstić information content (AvgIpc) is 2.98. The number of carbonyl (C=O) groups is 2. The van der Waals surface area contributed by atoms with Gasteiger partial charge in [0, 0.05) is 21.7 Å². The van der Waals surface area contributed by atoms with Crippen LogP contribution >= 0.6 is 11.6 Å². The fourth-order valence-corrected chi connectivity index (χ4v) is 3.59. The van der Waals surface area contributed by atoms with Crippen molar-refractivity contribution in [3.05, 3.63) is 64.3 Å². The molecule has 0 bridgehead atoms. The van der Waals surface area contributed by atoms with Crippen molar-refractivity contribution in [1.29, 1.82) is 0 Å². The highest BCUT2D eigenvalue weighted by molar-refractivity contribution is 6.30. The van der Waals surface area contributed by atoms with Crippen molar-refractivity contribution in [2.45, 2.75) is 46.1 Å². The van der Waals surface area contributed by atoms with Gasteiger partial charge in [-0.1, -0.05) is 18.5 Å². The Balaban J connectivity index is 2.15. The lowest BCUT2D eigenvalue weighted by Crippen LogP contribution is -2.20. The van der Waals surface area contributed by atoms with Gasteiger partial charge in [-0.3, -0.25) is 14.2 Å². The normalized spacial score (nSPS) is 13.3. The van der Waals surface area contributed by atoms with Gasteiger partial charge in [0.25, 0.3) is 5.91 Å². The first-order chi connectivity index (χ1) is 13.7. The Morgan fingerprint density at radius 2 is 1.79 bits per heavy atom. The quantitative estimate of drug-likeness (QED) is 0.565. The van der Waals surface area contributed by atoms with E-state index in [4.69, 9.17) is 16.3 Å². The van der Waals surface area contributed by atoms with Gasteiger partial charge >= 0.3 is 5.97 Å². The average molecular weight is 414 g/mol. The number of benzene rings is 2. The molecule has 3 rings (SSSR count). The number of halogens is 1. The van der Waals surface area contributed by atoms with Crippen molar-refractivity contribution in [3.8, 4) is 5.75 Å². The maximum Gasteiger partial charge on any atom is 0.313 e. The molecule has 0 radical (unpaired) electrons. The minimum Gasteiger partial charge on any atom is -0.508 e. The lowest BCUT2D eigenvalue weighted by molar-refractivity contribution is -0.149. The second-order valence-electron chi connectivity index (χ2n) is 7.23. The summed E-state index contributed by atoms with van der Waals surface area (Å²) in [7, 11) is 0. The summed E-state index contributed by atoms with van der Waals surface area (Å²) in [6.07, 6.45) is 0.525. The molecule has 0 aliphatic heterocycles. The number of ether oxygens (including phenoxy) is 1. The van der Waals surface area contributed by atoms with Gasteiger partial charge in [0.2, 0.25) is 0 Å². The largest absolute Gasteiger partial charge is 0.508 e. The Morgan fingerprint density at radius 1 is 1.14 bits per heavy atom. The number of hydrogen-bond acceptors (Lipinski definition) is 4. The Hall–Kier alpha value is -2.79. The summed E-state index contributed by atoms with van der Waals surface area (Å²) in [4.78, 5) is 25.9. The van der Waals surface area contributed by atoms with Crippen LogP contribution in [-0.2, 0) is 9.53 Å². The Bertz CT molecular complexity index is 1070. The molecular formula is C23H24ClNO4. The Morgan fingerprint density at radius 3 is 2.41 bits per heavy atom. The van der Waals surface area contributed by atoms with Crippen LogP contribution in [0.4, 0.5) is 0 Å². The van der Waals surface area contributed by atoms with Gasteiger partial charge in [0.1, 0.15) is 5.75 Å². The van der Waals surface area contributed by atoms with E-state index in [1.165, 1.54) is 6.07 Å². The summed E-state index contributed by atoms with van der Waals surface area (Å²) in [6, 6.07) is 11.4. The lowest BCUT2D eigenvalue weighted by atomic mass is 9.97. The molecule has 2 unspecified atom stereocenters. The number of phenols is 1. The van der Waals surface area contributed by atoms with E-state index >= 15 is 0 Å². The number of nitrogens with zero attached hydrogens (tertiary/aromatic N) is 1. The van der Waals surface area contributed by atoms with Crippen molar-refractivity contribution < 1.29 is 19.4 Å². The van der Waals surface area contributed by atoms with Crippen LogP contribution in [0.5, 0.6) is 5.75 Å². The SMILES string of the molecule is CCC(C)OC(=O)C(C)c1c(C)n(C(=O)c2ccc(Cl)cc2)c2ccc(O)cc12. The summed E-state index contributed by atoms with van der Waals surface area (Å²) >= 11 is 5.94. The monoisotopic (exact) mass is 413 g/mol. The number of carbonyl (C=O) groups excluding carboxylic acids is 2. The van der Waals surface area contributed by atoms with Crippen molar-refractivity contribution >= 4 is 34.4 Å². The highest BCUT2D eigenvalue weighted by Gasteiger charge is 2.28. The van der Waals surface area contributed by atoms with E-state index in [1.54, 1.807) is 54.8 Å². The van der Waals surface area contributed by atoms with Crippen LogP contribution in [0.15, 0.2) is 42.5 Å². The van der Waals surface area contributed by atoms with E-state index in [-0.39, 0.29) is 23.7 Å². The van der Waals surface area contributed by atoms with Crippen molar-refractivity contribution in [2.75, 3.05) is 0 Å². The zero-order valence-corrected chi connectivity index (χ0v) is 17.7. The van der Waals surface area contributed by atoms with Gasteiger partial charge in [-0.25, -0.2) is 0 Å². The van der Waals surface area contributed by atoms with Crippen molar-refractivity contribution in [2.24, 2.45) is 0 Å². The molecule has 2 aromatic carbocycles. The van der Waals surface area contributed by atoms with E-state index in [2.05, 4.69) is 0 Å². The van der Waals surface area contributed by atoms with Crippen LogP contribution in [0.25, 0.3) is 10.9 Å². The van der Waals surface area contributed by atoms with Gasteiger partial charge in [0.15, 0.2) is 0 Å². The highest BCUT2D eigenvalue weighted by Crippen LogP contribution is 2.35. The number of esters is 1. The summed E-state index contributed by atoms with van der Waals surface area (Å²) in [6.45, 7) is 7.35. The summed E-state index contributed by atoms with van der Waals surface area (Å²) < 4.78 is 7.08. The number of rotatable bonds is 5.